The third kappa shape index (κ3) is 5.13. The number of fused-ring (bicyclic) bond motifs is 1. The molecule has 2 amide bonds. The van der Waals surface area contributed by atoms with E-state index in [1.54, 1.807) is 27.6 Å². The fourth-order valence-corrected chi connectivity index (χ4v) is 10.6. The first-order valence-electron chi connectivity index (χ1n) is 14.2. The molecule has 0 radical (unpaired) electrons. The molecule has 9 heteroatoms. The second-order valence-electron chi connectivity index (χ2n) is 11.4. The van der Waals surface area contributed by atoms with Crippen molar-refractivity contribution >= 4 is 51.2 Å². The van der Waals surface area contributed by atoms with Crippen LogP contribution in [0, 0.1) is 25.7 Å². The number of hydrogen-bond acceptors (Lipinski definition) is 6. The van der Waals surface area contributed by atoms with Crippen LogP contribution in [-0.4, -0.2) is 74.5 Å². The fourth-order valence-electron chi connectivity index (χ4n) is 6.98. The van der Waals surface area contributed by atoms with Crippen LogP contribution < -0.4 is 4.90 Å². The molecule has 0 saturated carbocycles. The molecule has 3 heterocycles. The predicted octanol–water partition coefficient (Wildman–Crippen LogP) is 4.62. The Morgan fingerprint density at radius 1 is 1.21 bits per heavy atom. The summed E-state index contributed by atoms with van der Waals surface area (Å²) >= 11 is 5.35. The van der Waals surface area contributed by atoms with Gasteiger partial charge in [-0.2, -0.15) is 0 Å². The first-order valence-corrected chi connectivity index (χ1v) is 16.0. The van der Waals surface area contributed by atoms with Crippen LogP contribution in [0.1, 0.15) is 23.1 Å². The number of halogens is 1. The molecular weight excluding hydrogens is 616 g/mol. The number of aliphatic hydroxyl groups excluding tert-OH is 1. The predicted molar refractivity (Wildman–Crippen MR) is 170 cm³/mol. The van der Waals surface area contributed by atoms with Gasteiger partial charge in [0, 0.05) is 22.3 Å². The summed E-state index contributed by atoms with van der Waals surface area (Å²) in [5, 5.41) is 10.5. The highest BCUT2D eigenvalue weighted by atomic mass is 79.9. The van der Waals surface area contributed by atoms with Crippen LogP contribution in [0.3, 0.4) is 0 Å². The van der Waals surface area contributed by atoms with Gasteiger partial charge in [-0.05, 0) is 49.4 Å². The molecule has 7 nitrogen and oxygen atoms in total. The van der Waals surface area contributed by atoms with Gasteiger partial charge in [-0.15, -0.1) is 18.3 Å². The standard InChI is InChI=1S/C33H37BrN2O5S/c1-5-14-35(25-16-20(3)12-13-21(25)4)31(39)29-33-18-24(34)28(42-33)26(32(40)41-15-6-2)27(33)30(38)36(29)23(19-37)17-22-10-8-7-9-11-22/h5-13,16,23-24,26-29,37H,1-2,14-15,17-19H2,3-4H3/t23-,24?,26-,27+,28-,29?,33?/m1/s1. The SMILES string of the molecule is C=CCOC(=O)[C@H]1[C@@H]2SC3(CC2Br)C(C(=O)N(CC=C)c2cc(C)ccc2C)N([C@@H](CO)Cc2ccccc2)C(=O)[C@H]13. The van der Waals surface area contributed by atoms with E-state index in [1.165, 1.54) is 6.08 Å². The third-order valence-corrected chi connectivity index (χ3v) is 11.9. The summed E-state index contributed by atoms with van der Waals surface area (Å²) in [5.74, 6) is -2.44. The van der Waals surface area contributed by atoms with Crippen molar-refractivity contribution in [1.82, 2.24) is 4.90 Å². The van der Waals surface area contributed by atoms with E-state index >= 15 is 0 Å². The summed E-state index contributed by atoms with van der Waals surface area (Å²) in [6, 6.07) is 14.0. The summed E-state index contributed by atoms with van der Waals surface area (Å²) in [6.45, 7) is 11.5. The number of carbonyl (C=O) groups excluding carboxylic acids is 3. The summed E-state index contributed by atoms with van der Waals surface area (Å²) < 4.78 is 4.64. The van der Waals surface area contributed by atoms with Gasteiger partial charge in [-0.1, -0.05) is 77.1 Å². The van der Waals surface area contributed by atoms with Crippen molar-refractivity contribution in [3.05, 3.63) is 90.5 Å². The molecule has 222 valence electrons. The minimum absolute atomic E-state index is 0.0483. The molecule has 3 saturated heterocycles. The minimum Gasteiger partial charge on any atom is -0.461 e. The maximum Gasteiger partial charge on any atom is 0.311 e. The first kappa shape index (κ1) is 30.6. The topological polar surface area (TPSA) is 87.2 Å². The monoisotopic (exact) mass is 652 g/mol. The molecular formula is C33H37BrN2O5S. The number of benzene rings is 2. The number of rotatable bonds is 11. The number of thioether (sulfide) groups is 1. The van der Waals surface area contributed by atoms with Gasteiger partial charge in [0.25, 0.3) is 5.91 Å². The molecule has 2 aromatic rings. The van der Waals surface area contributed by atoms with Crippen LogP contribution in [0.2, 0.25) is 0 Å². The van der Waals surface area contributed by atoms with Crippen LogP contribution in [-0.2, 0) is 25.5 Å². The molecule has 1 N–H and O–H groups in total. The molecule has 5 rings (SSSR count). The Bertz CT molecular complexity index is 1390. The van der Waals surface area contributed by atoms with Crippen molar-refractivity contribution in [3.8, 4) is 0 Å². The van der Waals surface area contributed by atoms with Gasteiger partial charge in [0.15, 0.2) is 0 Å². The molecule has 2 aromatic carbocycles. The molecule has 3 aliphatic heterocycles. The second kappa shape index (κ2) is 12.4. The summed E-state index contributed by atoms with van der Waals surface area (Å²) in [4.78, 5) is 46.2. The van der Waals surface area contributed by atoms with Crippen LogP contribution >= 0.6 is 27.7 Å². The lowest BCUT2D eigenvalue weighted by atomic mass is 9.71. The first-order chi connectivity index (χ1) is 20.2. The Morgan fingerprint density at radius 2 is 1.95 bits per heavy atom. The third-order valence-electron chi connectivity index (χ3n) is 8.73. The van der Waals surface area contributed by atoms with Crippen molar-refractivity contribution < 1.29 is 24.2 Å². The number of likely N-dealkylation sites (tertiary alicyclic amines) is 1. The fraction of sp³-hybridized carbons (Fsp3) is 0.424. The number of carbonyl (C=O) groups is 3. The van der Waals surface area contributed by atoms with E-state index in [2.05, 4.69) is 29.1 Å². The Hall–Kier alpha value is -2.88. The average Bonchev–Trinajstić information content (AvgIpc) is 3.58. The molecule has 2 bridgehead atoms. The van der Waals surface area contributed by atoms with Gasteiger partial charge in [-0.25, -0.2) is 0 Å². The van der Waals surface area contributed by atoms with Crippen molar-refractivity contribution in [2.75, 3.05) is 24.7 Å². The molecule has 7 atom stereocenters. The average molecular weight is 654 g/mol. The van der Waals surface area contributed by atoms with Crippen LogP contribution in [0.5, 0.6) is 0 Å². The zero-order chi connectivity index (χ0) is 30.2. The smallest absolute Gasteiger partial charge is 0.311 e. The summed E-state index contributed by atoms with van der Waals surface area (Å²) in [5.41, 5.74) is 3.63. The summed E-state index contributed by atoms with van der Waals surface area (Å²) in [7, 11) is 0. The Labute approximate surface area is 260 Å². The van der Waals surface area contributed by atoms with E-state index in [9.17, 15) is 19.5 Å². The Morgan fingerprint density at radius 3 is 2.62 bits per heavy atom. The largest absolute Gasteiger partial charge is 0.461 e. The molecule has 0 aliphatic carbocycles. The normalized spacial score (nSPS) is 28.3. The van der Waals surface area contributed by atoms with Gasteiger partial charge in [0.2, 0.25) is 5.91 Å². The number of hydrogen-bond donors (Lipinski definition) is 1. The number of esters is 1. The minimum atomic E-state index is -0.900. The van der Waals surface area contributed by atoms with E-state index < -0.39 is 34.6 Å². The number of nitrogens with zero attached hydrogens (tertiary/aromatic N) is 2. The van der Waals surface area contributed by atoms with E-state index in [4.69, 9.17) is 4.74 Å². The van der Waals surface area contributed by atoms with Gasteiger partial charge in [0.1, 0.15) is 12.6 Å². The van der Waals surface area contributed by atoms with Crippen LogP contribution in [0.15, 0.2) is 73.8 Å². The van der Waals surface area contributed by atoms with Crippen LogP contribution in [0.25, 0.3) is 0 Å². The highest BCUT2D eigenvalue weighted by Gasteiger charge is 2.76. The zero-order valence-electron chi connectivity index (χ0n) is 23.9. The lowest BCUT2D eigenvalue weighted by molar-refractivity contribution is -0.153. The zero-order valence-corrected chi connectivity index (χ0v) is 26.4. The van der Waals surface area contributed by atoms with Gasteiger partial charge in [-0.3, -0.25) is 14.4 Å². The molecule has 0 aromatic heterocycles. The highest BCUT2D eigenvalue weighted by molar-refractivity contribution is 9.09. The van der Waals surface area contributed by atoms with Crippen LogP contribution in [0.4, 0.5) is 5.69 Å². The molecule has 1 spiro atoms. The highest BCUT2D eigenvalue weighted by Crippen LogP contribution is 2.68. The second-order valence-corrected chi connectivity index (χ2v) is 14.1. The maximum absolute atomic E-state index is 15.0. The molecule has 3 unspecified atom stereocenters. The number of ether oxygens (including phenoxy) is 1. The lowest BCUT2D eigenvalue weighted by Gasteiger charge is -2.40. The number of anilines is 1. The quantitative estimate of drug-likeness (QED) is 0.217. The van der Waals surface area contributed by atoms with E-state index in [0.29, 0.717) is 12.8 Å². The van der Waals surface area contributed by atoms with Crippen molar-refractivity contribution in [1.29, 1.82) is 0 Å². The van der Waals surface area contributed by atoms with Gasteiger partial charge < -0.3 is 19.6 Å². The number of aliphatic hydroxyl groups is 1. The number of amides is 2. The Kier molecular flexibility index (Phi) is 9.02. The maximum atomic E-state index is 15.0. The number of alkyl halides is 1. The van der Waals surface area contributed by atoms with Crippen molar-refractivity contribution in [2.45, 2.75) is 53.6 Å². The molecule has 42 heavy (non-hydrogen) atoms. The van der Waals surface area contributed by atoms with Gasteiger partial charge in [0.05, 0.1) is 29.2 Å². The molecule has 3 fully saturated rings. The lowest BCUT2D eigenvalue weighted by Crippen LogP contribution is -2.58. The van der Waals surface area contributed by atoms with E-state index in [-0.39, 0.29) is 41.6 Å². The van der Waals surface area contributed by atoms with Gasteiger partial charge >= 0.3 is 5.97 Å². The van der Waals surface area contributed by atoms with E-state index in [0.717, 1.165) is 22.4 Å². The number of aryl methyl sites for hydroxylation is 2. The Balaban J connectivity index is 1.64. The van der Waals surface area contributed by atoms with E-state index in [1.807, 2.05) is 62.4 Å². The molecule has 3 aliphatic rings. The van der Waals surface area contributed by atoms with Crippen molar-refractivity contribution in [2.24, 2.45) is 11.8 Å². The summed E-state index contributed by atoms with van der Waals surface area (Å²) in [6.07, 6.45) is 4.10. The van der Waals surface area contributed by atoms with Crippen molar-refractivity contribution in [3.63, 3.8) is 0 Å².